The molecule has 4 heteroatoms. The lowest BCUT2D eigenvalue weighted by atomic mass is 10.1. The second-order valence-corrected chi connectivity index (χ2v) is 11.6. The molecule has 0 bridgehead atoms. The van der Waals surface area contributed by atoms with E-state index in [0.29, 0.717) is 13.0 Å². The summed E-state index contributed by atoms with van der Waals surface area (Å²) in [5.41, 5.74) is 0. The number of rotatable bonds is 32. The molecule has 0 aromatic rings. The van der Waals surface area contributed by atoms with Crippen LogP contribution in [0.1, 0.15) is 136 Å². The Kier molecular flexibility index (Phi) is 36.2. The van der Waals surface area contributed by atoms with Gasteiger partial charge in [-0.3, -0.25) is 4.79 Å². The first-order valence-corrected chi connectivity index (χ1v) is 18.3. The fourth-order valence-electron chi connectivity index (χ4n) is 4.42. The number of carbonyl (C=O) groups is 1. The van der Waals surface area contributed by atoms with Gasteiger partial charge in [0.15, 0.2) is 0 Å². The Hall–Kier alpha value is -2.69. The molecule has 0 saturated carbocycles. The van der Waals surface area contributed by atoms with Gasteiger partial charge in [-0.15, -0.1) is 0 Å². The molecule has 1 unspecified atom stereocenters. The van der Waals surface area contributed by atoms with Gasteiger partial charge in [-0.2, -0.15) is 0 Å². The molecular formula is C42H68O4. The van der Waals surface area contributed by atoms with E-state index in [9.17, 15) is 9.90 Å². The summed E-state index contributed by atoms with van der Waals surface area (Å²) in [4.78, 5) is 12.1. The predicted octanol–water partition coefficient (Wildman–Crippen LogP) is 11.8. The highest BCUT2D eigenvalue weighted by Crippen LogP contribution is 2.10. The van der Waals surface area contributed by atoms with E-state index in [1.165, 1.54) is 25.7 Å². The normalized spacial score (nSPS) is 13.5. The van der Waals surface area contributed by atoms with E-state index in [0.717, 1.165) is 89.9 Å². The van der Waals surface area contributed by atoms with Crippen LogP contribution in [0.15, 0.2) is 97.2 Å². The Labute approximate surface area is 283 Å². The average molecular weight is 637 g/mol. The zero-order valence-corrected chi connectivity index (χ0v) is 29.5. The zero-order chi connectivity index (χ0) is 33.4. The molecule has 0 saturated heterocycles. The summed E-state index contributed by atoms with van der Waals surface area (Å²) in [6.45, 7) is 5.03. The summed E-state index contributed by atoms with van der Waals surface area (Å²) in [5.74, 6) is -0.234. The SMILES string of the molecule is CC/C=C\C/C=C\C/C=C\C/C=C\C/C=C\C/C=C\C/C=C\CCCCOCC(CO)OC(=O)CCCCCCC/C=C\CCC. The lowest BCUT2D eigenvalue weighted by Crippen LogP contribution is -2.27. The molecule has 4 nitrogen and oxygen atoms in total. The standard InChI is InChI=1S/C42H68O4/c1-3-5-7-9-11-13-15-16-17-18-19-20-21-22-23-24-25-26-27-28-30-32-34-36-38-45-40-41(39-43)46-42(44)37-35-33-31-29-14-12-10-8-6-4-2/h5,7-8,10-11,13,16-17,19-20,22-23,25-26,28,30,41,43H,3-4,6,9,12,14-15,18,21,24,27,29,31-40H2,1-2H3/b7-5-,10-8-,13-11-,17-16-,20-19-,23-22-,26-25-,30-28-. The largest absolute Gasteiger partial charge is 0.457 e. The molecule has 1 N–H and O–H groups in total. The number of hydrogen-bond acceptors (Lipinski definition) is 4. The lowest BCUT2D eigenvalue weighted by Gasteiger charge is -2.15. The molecule has 0 aromatic carbocycles. The molecule has 0 amide bonds. The van der Waals surface area contributed by atoms with Gasteiger partial charge in [0.1, 0.15) is 6.10 Å². The highest BCUT2D eigenvalue weighted by molar-refractivity contribution is 5.69. The van der Waals surface area contributed by atoms with Gasteiger partial charge < -0.3 is 14.6 Å². The summed E-state index contributed by atoms with van der Waals surface area (Å²) < 4.78 is 11.0. The number of esters is 1. The monoisotopic (exact) mass is 637 g/mol. The van der Waals surface area contributed by atoms with Gasteiger partial charge in [0.25, 0.3) is 0 Å². The fraction of sp³-hybridized carbons (Fsp3) is 0.595. The number of aliphatic hydroxyl groups excluding tert-OH is 1. The van der Waals surface area contributed by atoms with Crippen molar-refractivity contribution < 1.29 is 19.4 Å². The minimum atomic E-state index is -0.566. The van der Waals surface area contributed by atoms with Crippen LogP contribution in [-0.4, -0.2) is 37.0 Å². The smallest absolute Gasteiger partial charge is 0.306 e. The molecular weight excluding hydrogens is 568 g/mol. The number of ether oxygens (including phenoxy) is 2. The quantitative estimate of drug-likeness (QED) is 0.0453. The predicted molar refractivity (Wildman–Crippen MR) is 200 cm³/mol. The maximum atomic E-state index is 12.1. The van der Waals surface area contributed by atoms with Gasteiger partial charge in [-0.25, -0.2) is 0 Å². The van der Waals surface area contributed by atoms with Crippen LogP contribution in [0.3, 0.4) is 0 Å². The van der Waals surface area contributed by atoms with Gasteiger partial charge >= 0.3 is 5.97 Å². The van der Waals surface area contributed by atoms with Crippen LogP contribution in [0.25, 0.3) is 0 Å². The number of hydrogen-bond donors (Lipinski definition) is 1. The van der Waals surface area contributed by atoms with E-state index in [-0.39, 0.29) is 19.2 Å². The van der Waals surface area contributed by atoms with Gasteiger partial charge in [0, 0.05) is 13.0 Å². The van der Waals surface area contributed by atoms with Crippen molar-refractivity contribution in [2.24, 2.45) is 0 Å². The summed E-state index contributed by atoms with van der Waals surface area (Å²) in [5, 5.41) is 9.53. The Bertz CT molecular complexity index is 887. The summed E-state index contributed by atoms with van der Waals surface area (Å²) in [7, 11) is 0. The van der Waals surface area contributed by atoms with Crippen molar-refractivity contribution in [3.8, 4) is 0 Å². The Morgan fingerprint density at radius 3 is 1.50 bits per heavy atom. The minimum Gasteiger partial charge on any atom is -0.457 e. The minimum absolute atomic E-state index is 0.200. The lowest BCUT2D eigenvalue weighted by molar-refractivity contribution is -0.154. The number of aliphatic hydroxyl groups is 1. The van der Waals surface area contributed by atoms with Crippen molar-refractivity contribution in [2.75, 3.05) is 19.8 Å². The highest BCUT2D eigenvalue weighted by Gasteiger charge is 2.13. The molecule has 0 radical (unpaired) electrons. The third kappa shape index (κ3) is 35.8. The first kappa shape index (κ1) is 43.3. The van der Waals surface area contributed by atoms with Gasteiger partial charge in [-0.1, -0.05) is 137 Å². The third-order valence-electron chi connectivity index (χ3n) is 7.12. The first-order valence-electron chi connectivity index (χ1n) is 18.3. The average Bonchev–Trinajstić information content (AvgIpc) is 3.06. The van der Waals surface area contributed by atoms with E-state index >= 15 is 0 Å². The summed E-state index contributed by atoms with van der Waals surface area (Å²) in [6.07, 6.45) is 54.6. The first-order chi connectivity index (χ1) is 22.7. The van der Waals surface area contributed by atoms with Crippen LogP contribution < -0.4 is 0 Å². The molecule has 0 aliphatic carbocycles. The van der Waals surface area contributed by atoms with E-state index in [4.69, 9.17) is 9.47 Å². The van der Waals surface area contributed by atoms with E-state index in [1.54, 1.807) is 0 Å². The van der Waals surface area contributed by atoms with Gasteiger partial charge in [0.05, 0.1) is 13.2 Å². The molecule has 46 heavy (non-hydrogen) atoms. The molecule has 0 aromatic heterocycles. The number of unbranched alkanes of at least 4 members (excludes halogenated alkanes) is 8. The van der Waals surface area contributed by atoms with Crippen molar-refractivity contribution >= 4 is 5.97 Å². The van der Waals surface area contributed by atoms with Crippen molar-refractivity contribution in [2.45, 2.75) is 142 Å². The van der Waals surface area contributed by atoms with Gasteiger partial charge in [0.2, 0.25) is 0 Å². The maximum Gasteiger partial charge on any atom is 0.306 e. The van der Waals surface area contributed by atoms with E-state index in [2.05, 4.69) is 111 Å². The molecule has 0 aliphatic heterocycles. The van der Waals surface area contributed by atoms with Crippen LogP contribution in [0.5, 0.6) is 0 Å². The van der Waals surface area contributed by atoms with E-state index < -0.39 is 6.10 Å². The van der Waals surface area contributed by atoms with Gasteiger partial charge in [-0.05, 0) is 89.9 Å². The molecule has 260 valence electrons. The summed E-state index contributed by atoms with van der Waals surface area (Å²) in [6, 6.07) is 0. The highest BCUT2D eigenvalue weighted by atomic mass is 16.6. The molecule has 0 aliphatic rings. The Morgan fingerprint density at radius 1 is 0.543 bits per heavy atom. The van der Waals surface area contributed by atoms with Crippen LogP contribution in [0, 0.1) is 0 Å². The number of carbonyl (C=O) groups excluding carboxylic acids is 1. The molecule has 0 heterocycles. The van der Waals surface area contributed by atoms with Crippen molar-refractivity contribution in [1.29, 1.82) is 0 Å². The third-order valence-corrected chi connectivity index (χ3v) is 7.12. The van der Waals surface area contributed by atoms with Crippen molar-refractivity contribution in [3.63, 3.8) is 0 Å². The van der Waals surface area contributed by atoms with Crippen LogP contribution >= 0.6 is 0 Å². The maximum absolute atomic E-state index is 12.1. The van der Waals surface area contributed by atoms with E-state index in [1.807, 2.05) is 0 Å². The molecule has 0 rings (SSSR count). The van der Waals surface area contributed by atoms with Crippen LogP contribution in [0.4, 0.5) is 0 Å². The topological polar surface area (TPSA) is 55.8 Å². The van der Waals surface area contributed by atoms with Crippen LogP contribution in [-0.2, 0) is 14.3 Å². The molecule has 1 atom stereocenters. The Balaban J connectivity index is 3.63. The van der Waals surface area contributed by atoms with Crippen molar-refractivity contribution in [1.82, 2.24) is 0 Å². The van der Waals surface area contributed by atoms with Crippen molar-refractivity contribution in [3.05, 3.63) is 97.2 Å². The number of allylic oxidation sites excluding steroid dienone is 16. The molecule has 0 fully saturated rings. The zero-order valence-electron chi connectivity index (χ0n) is 29.5. The fourth-order valence-corrected chi connectivity index (χ4v) is 4.42. The summed E-state index contributed by atoms with van der Waals surface area (Å²) >= 11 is 0. The second kappa shape index (κ2) is 38.5. The molecule has 0 spiro atoms. The van der Waals surface area contributed by atoms with Crippen LogP contribution in [0.2, 0.25) is 0 Å². The Morgan fingerprint density at radius 2 is 0.978 bits per heavy atom. The second-order valence-electron chi connectivity index (χ2n) is 11.6.